The van der Waals surface area contributed by atoms with Crippen LogP contribution in [0, 0.1) is 5.92 Å². The third-order valence-corrected chi connectivity index (χ3v) is 3.72. The van der Waals surface area contributed by atoms with Crippen LogP contribution in [0.15, 0.2) is 35.1 Å². The fourth-order valence-electron chi connectivity index (χ4n) is 2.32. The molecule has 1 heterocycles. The van der Waals surface area contributed by atoms with Crippen LogP contribution in [-0.4, -0.2) is 41.0 Å². The van der Waals surface area contributed by atoms with Gasteiger partial charge in [-0.3, -0.25) is 4.79 Å². The number of carbonyl (C=O) groups excluding carboxylic acids is 1. The van der Waals surface area contributed by atoms with Gasteiger partial charge in [0.1, 0.15) is 18.1 Å². The molecular weight excluding hydrogens is 342 g/mol. The van der Waals surface area contributed by atoms with Gasteiger partial charge in [0.25, 0.3) is 5.91 Å². The van der Waals surface area contributed by atoms with Crippen molar-refractivity contribution in [3.05, 3.63) is 57.2 Å². The summed E-state index contributed by atoms with van der Waals surface area (Å²) in [6.45, 7) is 4.75. The van der Waals surface area contributed by atoms with Gasteiger partial charge >= 0.3 is 5.69 Å². The molecule has 2 rings (SSSR count). The molecule has 7 heteroatoms. The average Bonchev–Trinajstić information content (AvgIpc) is 2.53. The van der Waals surface area contributed by atoms with E-state index in [4.69, 9.17) is 16.3 Å². The minimum atomic E-state index is -0.509. The summed E-state index contributed by atoms with van der Waals surface area (Å²) >= 11 is 5.90. The number of benzene rings is 1. The van der Waals surface area contributed by atoms with Crippen molar-refractivity contribution in [2.45, 2.75) is 20.3 Å². The van der Waals surface area contributed by atoms with Crippen molar-refractivity contribution in [3.8, 4) is 5.75 Å². The number of hydrogen-bond donors (Lipinski definition) is 1. The highest BCUT2D eigenvalue weighted by molar-refractivity contribution is 6.30. The number of H-pyrrole nitrogens is 1. The Morgan fingerprint density at radius 1 is 1.36 bits per heavy atom. The lowest BCUT2D eigenvalue weighted by Crippen LogP contribution is -2.33. The Labute approximate surface area is 151 Å². The number of nitrogens with one attached hydrogen (secondary N) is 1. The first-order chi connectivity index (χ1) is 11.8. The summed E-state index contributed by atoms with van der Waals surface area (Å²) in [5.74, 6) is 0.692. The number of halogens is 1. The molecule has 0 aliphatic carbocycles. The van der Waals surface area contributed by atoms with Gasteiger partial charge in [-0.1, -0.05) is 31.5 Å². The Hall–Kier alpha value is -2.34. The normalized spacial score (nSPS) is 10.8. The SMILES string of the molecule is CC(C)Cc1cc(C(=O)N(C)CCOc2cccc(Cl)c2)nc(=O)[nH]1. The van der Waals surface area contributed by atoms with E-state index in [2.05, 4.69) is 9.97 Å². The number of carbonyl (C=O) groups is 1. The average molecular weight is 364 g/mol. The maximum Gasteiger partial charge on any atom is 0.345 e. The molecule has 25 heavy (non-hydrogen) atoms. The number of amides is 1. The highest BCUT2D eigenvalue weighted by Crippen LogP contribution is 2.17. The highest BCUT2D eigenvalue weighted by Gasteiger charge is 2.15. The zero-order valence-corrected chi connectivity index (χ0v) is 15.3. The summed E-state index contributed by atoms with van der Waals surface area (Å²) in [6.07, 6.45) is 0.680. The van der Waals surface area contributed by atoms with Crippen molar-refractivity contribution in [2.24, 2.45) is 5.92 Å². The van der Waals surface area contributed by atoms with E-state index < -0.39 is 5.69 Å². The Bertz CT molecular complexity index is 789. The Kier molecular flexibility index (Phi) is 6.58. The second kappa shape index (κ2) is 8.67. The van der Waals surface area contributed by atoms with Crippen LogP contribution in [0.2, 0.25) is 5.02 Å². The summed E-state index contributed by atoms with van der Waals surface area (Å²) in [4.78, 5) is 32.1. The molecule has 0 bridgehead atoms. The molecular formula is C18H22ClN3O3. The molecule has 134 valence electrons. The second-order valence-electron chi connectivity index (χ2n) is 6.23. The summed E-state index contributed by atoms with van der Waals surface area (Å²) in [7, 11) is 1.65. The molecule has 6 nitrogen and oxygen atoms in total. The van der Waals surface area contributed by atoms with Gasteiger partial charge in [-0.2, -0.15) is 4.98 Å². The standard InChI is InChI=1S/C18H22ClN3O3/c1-12(2)9-14-11-16(21-18(24)20-14)17(23)22(3)7-8-25-15-6-4-5-13(19)10-15/h4-6,10-12H,7-9H2,1-3H3,(H,20,21,24). The van der Waals surface area contributed by atoms with Crippen LogP contribution in [0.4, 0.5) is 0 Å². The Morgan fingerprint density at radius 2 is 2.12 bits per heavy atom. The number of aromatic nitrogens is 2. The molecule has 0 fully saturated rings. The lowest BCUT2D eigenvalue weighted by Gasteiger charge is -2.17. The van der Waals surface area contributed by atoms with E-state index >= 15 is 0 Å². The number of rotatable bonds is 7. The topological polar surface area (TPSA) is 75.3 Å². The quantitative estimate of drug-likeness (QED) is 0.820. The minimum absolute atomic E-state index is 0.143. The maximum atomic E-state index is 12.5. The molecule has 0 aliphatic rings. The van der Waals surface area contributed by atoms with Crippen LogP contribution >= 0.6 is 11.6 Å². The molecule has 1 aromatic heterocycles. The van der Waals surface area contributed by atoms with Crippen molar-refractivity contribution < 1.29 is 9.53 Å². The zero-order chi connectivity index (χ0) is 18.4. The predicted octanol–water partition coefficient (Wildman–Crippen LogP) is 2.77. The van der Waals surface area contributed by atoms with Gasteiger partial charge in [0.15, 0.2) is 0 Å². The largest absolute Gasteiger partial charge is 0.492 e. The van der Waals surface area contributed by atoms with Gasteiger partial charge < -0.3 is 14.6 Å². The minimum Gasteiger partial charge on any atom is -0.492 e. The van der Waals surface area contributed by atoms with Crippen molar-refractivity contribution >= 4 is 17.5 Å². The molecule has 0 aliphatic heterocycles. The first kappa shape index (κ1) is 19.0. The smallest absolute Gasteiger partial charge is 0.345 e. The number of nitrogens with zero attached hydrogens (tertiary/aromatic N) is 2. The van der Waals surface area contributed by atoms with E-state index in [0.29, 0.717) is 42.0 Å². The van der Waals surface area contributed by atoms with Gasteiger partial charge in [0, 0.05) is 17.8 Å². The summed E-state index contributed by atoms with van der Waals surface area (Å²) in [5.41, 5.74) is 0.344. The third kappa shape index (κ3) is 5.90. The summed E-state index contributed by atoms with van der Waals surface area (Å²) in [6, 6.07) is 8.70. The molecule has 0 saturated carbocycles. The zero-order valence-electron chi connectivity index (χ0n) is 14.6. The van der Waals surface area contributed by atoms with Gasteiger partial charge in [-0.15, -0.1) is 0 Å². The lowest BCUT2D eigenvalue weighted by molar-refractivity contribution is 0.0767. The van der Waals surface area contributed by atoms with Crippen molar-refractivity contribution in [1.82, 2.24) is 14.9 Å². The van der Waals surface area contributed by atoms with E-state index in [1.807, 2.05) is 13.8 Å². The fourth-order valence-corrected chi connectivity index (χ4v) is 2.50. The molecule has 2 aromatic rings. The van der Waals surface area contributed by atoms with Crippen LogP contribution in [0.3, 0.4) is 0 Å². The van der Waals surface area contributed by atoms with Crippen LogP contribution in [0.5, 0.6) is 5.75 Å². The maximum absolute atomic E-state index is 12.5. The monoisotopic (exact) mass is 363 g/mol. The Morgan fingerprint density at radius 3 is 2.80 bits per heavy atom. The Balaban J connectivity index is 1.97. The predicted molar refractivity (Wildman–Crippen MR) is 97.3 cm³/mol. The van der Waals surface area contributed by atoms with Crippen molar-refractivity contribution in [3.63, 3.8) is 0 Å². The molecule has 0 atom stereocenters. The fraction of sp³-hybridized carbons (Fsp3) is 0.389. The van der Waals surface area contributed by atoms with E-state index in [1.54, 1.807) is 37.4 Å². The van der Waals surface area contributed by atoms with Gasteiger partial charge in [-0.05, 0) is 36.6 Å². The van der Waals surface area contributed by atoms with Crippen LogP contribution in [0.25, 0.3) is 0 Å². The molecule has 0 radical (unpaired) electrons. The molecule has 1 aromatic carbocycles. The van der Waals surface area contributed by atoms with E-state index in [1.165, 1.54) is 4.90 Å². The van der Waals surface area contributed by atoms with Gasteiger partial charge in [0.05, 0.1) is 6.54 Å². The highest BCUT2D eigenvalue weighted by atomic mass is 35.5. The van der Waals surface area contributed by atoms with Crippen LogP contribution < -0.4 is 10.4 Å². The van der Waals surface area contributed by atoms with Crippen molar-refractivity contribution in [2.75, 3.05) is 20.2 Å². The van der Waals surface area contributed by atoms with Gasteiger partial charge in [-0.25, -0.2) is 4.79 Å². The summed E-state index contributed by atoms with van der Waals surface area (Å²) in [5, 5.41) is 0.590. The number of ether oxygens (including phenoxy) is 1. The van der Waals surface area contributed by atoms with E-state index in [0.717, 1.165) is 0 Å². The molecule has 0 saturated heterocycles. The second-order valence-corrected chi connectivity index (χ2v) is 6.66. The van der Waals surface area contributed by atoms with Crippen LogP contribution in [-0.2, 0) is 6.42 Å². The van der Waals surface area contributed by atoms with E-state index in [9.17, 15) is 9.59 Å². The third-order valence-electron chi connectivity index (χ3n) is 3.49. The molecule has 1 amide bonds. The first-order valence-electron chi connectivity index (χ1n) is 8.09. The molecule has 0 spiro atoms. The number of aromatic amines is 1. The van der Waals surface area contributed by atoms with Crippen molar-refractivity contribution in [1.29, 1.82) is 0 Å². The van der Waals surface area contributed by atoms with E-state index in [-0.39, 0.29) is 11.6 Å². The summed E-state index contributed by atoms with van der Waals surface area (Å²) < 4.78 is 5.58. The number of hydrogen-bond acceptors (Lipinski definition) is 4. The van der Waals surface area contributed by atoms with Gasteiger partial charge in [0.2, 0.25) is 0 Å². The number of likely N-dealkylation sites (N-methyl/N-ethyl adjacent to an activating group) is 1. The first-order valence-corrected chi connectivity index (χ1v) is 8.47. The lowest BCUT2D eigenvalue weighted by atomic mass is 10.1. The molecule has 0 unspecified atom stereocenters. The van der Waals surface area contributed by atoms with Crippen LogP contribution in [0.1, 0.15) is 30.0 Å². The molecule has 1 N–H and O–H groups in total.